The zero-order chi connectivity index (χ0) is 11.0. The van der Waals surface area contributed by atoms with E-state index < -0.39 is 0 Å². The number of rotatable bonds is 2. The number of hydrogen-bond donors (Lipinski definition) is 0. The van der Waals surface area contributed by atoms with Crippen molar-refractivity contribution in [1.82, 2.24) is 15.0 Å². The van der Waals surface area contributed by atoms with Gasteiger partial charge in [0, 0.05) is 18.2 Å². The van der Waals surface area contributed by atoms with Crippen LogP contribution in [0, 0.1) is 5.41 Å². The van der Waals surface area contributed by atoms with E-state index in [1.165, 1.54) is 0 Å². The van der Waals surface area contributed by atoms with Crippen molar-refractivity contribution in [3.63, 3.8) is 0 Å². The summed E-state index contributed by atoms with van der Waals surface area (Å²) in [5.41, 5.74) is 1.33. The van der Waals surface area contributed by atoms with Gasteiger partial charge in [-0.05, 0) is 12.3 Å². The molecule has 0 radical (unpaired) electrons. The lowest BCUT2D eigenvalue weighted by Gasteiger charge is -2.36. The highest BCUT2D eigenvalue weighted by Crippen LogP contribution is 2.39. The van der Waals surface area contributed by atoms with E-state index in [9.17, 15) is 0 Å². The summed E-state index contributed by atoms with van der Waals surface area (Å²) in [7, 11) is 0. The molecule has 0 spiro atoms. The molecule has 14 heavy (non-hydrogen) atoms. The minimum atomic E-state index is 0.0560. The molecule has 1 rings (SSSR count). The summed E-state index contributed by atoms with van der Waals surface area (Å²) < 4.78 is 1.88. The molecule has 0 bridgehead atoms. The van der Waals surface area contributed by atoms with Gasteiger partial charge in [0.1, 0.15) is 0 Å². The highest BCUT2D eigenvalue weighted by Gasteiger charge is 2.36. The predicted octanol–water partition coefficient (Wildman–Crippen LogP) is 2.62. The van der Waals surface area contributed by atoms with Crippen LogP contribution in [0.4, 0.5) is 0 Å². The van der Waals surface area contributed by atoms with E-state index in [0.29, 0.717) is 0 Å². The van der Waals surface area contributed by atoms with E-state index in [4.69, 9.17) is 0 Å². The molecule has 0 N–H and O–H groups in total. The fourth-order valence-electron chi connectivity index (χ4n) is 1.12. The molecule has 3 nitrogen and oxygen atoms in total. The molecular weight excluding hydrogens is 174 g/mol. The Labute approximate surface area is 86.5 Å². The lowest BCUT2D eigenvalue weighted by atomic mass is 9.67. The normalized spacial score (nSPS) is 13.3. The topological polar surface area (TPSA) is 30.7 Å². The molecule has 0 aromatic carbocycles. The number of aryl methyl sites for hydroxylation is 1. The molecule has 0 saturated heterocycles. The standard InChI is InChI=1S/C11H21N3/c1-7-14-8-9(12-13-14)11(5,6)10(2,3)4/h8H,7H2,1-6H3. The lowest BCUT2D eigenvalue weighted by molar-refractivity contribution is 0.219. The third-order valence-electron chi connectivity index (χ3n) is 3.38. The molecule has 1 heterocycles. The minimum absolute atomic E-state index is 0.0560. The van der Waals surface area contributed by atoms with Crippen LogP contribution < -0.4 is 0 Å². The summed E-state index contributed by atoms with van der Waals surface area (Å²) >= 11 is 0. The van der Waals surface area contributed by atoms with Gasteiger partial charge in [-0.25, -0.2) is 0 Å². The Morgan fingerprint density at radius 3 is 2.14 bits per heavy atom. The van der Waals surface area contributed by atoms with Crippen molar-refractivity contribution in [3.05, 3.63) is 11.9 Å². The van der Waals surface area contributed by atoms with Crippen molar-refractivity contribution in [2.75, 3.05) is 0 Å². The first kappa shape index (κ1) is 11.2. The van der Waals surface area contributed by atoms with E-state index in [1.54, 1.807) is 0 Å². The fraction of sp³-hybridized carbons (Fsp3) is 0.818. The Morgan fingerprint density at radius 2 is 1.79 bits per heavy atom. The second kappa shape index (κ2) is 3.37. The molecule has 80 valence electrons. The summed E-state index contributed by atoms with van der Waals surface area (Å²) in [5.74, 6) is 0. The van der Waals surface area contributed by atoms with Crippen molar-refractivity contribution < 1.29 is 0 Å². The highest BCUT2D eigenvalue weighted by atomic mass is 15.4. The fourth-order valence-corrected chi connectivity index (χ4v) is 1.12. The van der Waals surface area contributed by atoms with Crippen LogP contribution in [-0.2, 0) is 12.0 Å². The van der Waals surface area contributed by atoms with Crippen LogP contribution in [-0.4, -0.2) is 15.0 Å². The van der Waals surface area contributed by atoms with Gasteiger partial charge in [-0.2, -0.15) is 0 Å². The maximum Gasteiger partial charge on any atom is 0.0888 e. The Kier molecular flexibility index (Phi) is 2.70. The van der Waals surface area contributed by atoms with Crippen molar-refractivity contribution in [1.29, 1.82) is 0 Å². The highest BCUT2D eigenvalue weighted by molar-refractivity contribution is 5.13. The largest absolute Gasteiger partial charge is 0.253 e. The molecule has 0 atom stereocenters. The van der Waals surface area contributed by atoms with Gasteiger partial charge in [0.25, 0.3) is 0 Å². The average Bonchev–Trinajstić information content (AvgIpc) is 2.49. The molecule has 1 aromatic heterocycles. The van der Waals surface area contributed by atoms with Crippen molar-refractivity contribution >= 4 is 0 Å². The van der Waals surface area contributed by atoms with Gasteiger partial charge < -0.3 is 0 Å². The Bertz CT molecular complexity index is 305. The van der Waals surface area contributed by atoms with Crippen molar-refractivity contribution in [3.8, 4) is 0 Å². The van der Waals surface area contributed by atoms with Crippen LogP contribution in [0.25, 0.3) is 0 Å². The van der Waals surface area contributed by atoms with E-state index >= 15 is 0 Å². The molecular formula is C11H21N3. The summed E-state index contributed by atoms with van der Waals surface area (Å²) in [6, 6.07) is 0. The molecule has 0 aliphatic heterocycles. The summed E-state index contributed by atoms with van der Waals surface area (Å²) in [5, 5.41) is 8.32. The second-order valence-electron chi connectivity index (χ2n) is 5.33. The third kappa shape index (κ3) is 1.81. The Hall–Kier alpha value is -0.860. The summed E-state index contributed by atoms with van der Waals surface area (Å²) in [4.78, 5) is 0. The number of nitrogens with zero attached hydrogens (tertiary/aromatic N) is 3. The molecule has 0 fully saturated rings. The summed E-state index contributed by atoms with van der Waals surface area (Å²) in [6.07, 6.45) is 2.05. The first-order valence-electron chi connectivity index (χ1n) is 5.19. The molecule has 0 aliphatic rings. The van der Waals surface area contributed by atoms with E-state index in [-0.39, 0.29) is 10.8 Å². The zero-order valence-corrected chi connectivity index (χ0v) is 10.1. The first-order chi connectivity index (χ1) is 6.29. The maximum absolute atomic E-state index is 4.24. The van der Waals surface area contributed by atoms with Gasteiger partial charge in [-0.15, -0.1) is 5.10 Å². The van der Waals surface area contributed by atoms with E-state index in [2.05, 4.69) is 51.9 Å². The van der Waals surface area contributed by atoms with E-state index in [0.717, 1.165) is 12.2 Å². The van der Waals surface area contributed by atoms with Crippen LogP contribution in [0.15, 0.2) is 6.20 Å². The lowest BCUT2D eigenvalue weighted by Crippen LogP contribution is -2.34. The molecule has 0 saturated carbocycles. The van der Waals surface area contributed by atoms with Gasteiger partial charge in [-0.3, -0.25) is 4.68 Å². The predicted molar refractivity (Wildman–Crippen MR) is 58.2 cm³/mol. The second-order valence-corrected chi connectivity index (χ2v) is 5.33. The smallest absolute Gasteiger partial charge is 0.0888 e. The average molecular weight is 195 g/mol. The van der Waals surface area contributed by atoms with Gasteiger partial charge in [0.05, 0.1) is 5.69 Å². The molecule has 0 unspecified atom stereocenters. The molecule has 1 aromatic rings. The van der Waals surface area contributed by atoms with Crippen molar-refractivity contribution in [2.24, 2.45) is 5.41 Å². The zero-order valence-electron chi connectivity index (χ0n) is 10.1. The number of hydrogen-bond acceptors (Lipinski definition) is 2. The SMILES string of the molecule is CCn1cc(C(C)(C)C(C)(C)C)nn1. The third-order valence-corrected chi connectivity index (χ3v) is 3.38. The first-order valence-corrected chi connectivity index (χ1v) is 5.19. The van der Waals surface area contributed by atoms with Crippen LogP contribution in [0.1, 0.15) is 47.2 Å². The quantitative estimate of drug-likeness (QED) is 0.726. The van der Waals surface area contributed by atoms with Crippen LogP contribution in [0.2, 0.25) is 0 Å². The van der Waals surface area contributed by atoms with Crippen molar-refractivity contribution in [2.45, 2.75) is 53.5 Å². The van der Waals surface area contributed by atoms with Gasteiger partial charge in [0.15, 0.2) is 0 Å². The van der Waals surface area contributed by atoms with Gasteiger partial charge in [0.2, 0.25) is 0 Å². The molecule has 3 heteroatoms. The molecule has 0 amide bonds. The van der Waals surface area contributed by atoms with Gasteiger partial charge >= 0.3 is 0 Å². The number of aromatic nitrogens is 3. The van der Waals surface area contributed by atoms with Crippen LogP contribution in [0.3, 0.4) is 0 Å². The van der Waals surface area contributed by atoms with Gasteiger partial charge in [-0.1, -0.05) is 39.8 Å². The molecule has 0 aliphatic carbocycles. The van der Waals surface area contributed by atoms with Crippen LogP contribution >= 0.6 is 0 Å². The van der Waals surface area contributed by atoms with E-state index in [1.807, 2.05) is 10.9 Å². The Balaban J connectivity index is 3.04. The maximum atomic E-state index is 4.24. The Morgan fingerprint density at radius 1 is 1.21 bits per heavy atom. The minimum Gasteiger partial charge on any atom is -0.253 e. The summed E-state index contributed by atoms with van der Waals surface area (Å²) in [6.45, 7) is 14.1. The monoisotopic (exact) mass is 195 g/mol. The van der Waals surface area contributed by atoms with Crippen LogP contribution in [0.5, 0.6) is 0 Å².